The van der Waals surface area contributed by atoms with E-state index in [0.29, 0.717) is 25.5 Å². The summed E-state index contributed by atoms with van der Waals surface area (Å²) in [5.41, 5.74) is 7.68. The van der Waals surface area contributed by atoms with Crippen LogP contribution in [-0.4, -0.2) is 22.6 Å². The lowest BCUT2D eigenvalue weighted by Crippen LogP contribution is -2.31. The molecule has 5 nitrogen and oxygen atoms in total. The summed E-state index contributed by atoms with van der Waals surface area (Å²) in [4.78, 5) is 18.7. The van der Waals surface area contributed by atoms with Crippen LogP contribution in [0.2, 0.25) is 0 Å². The zero-order valence-corrected chi connectivity index (χ0v) is 12.6. The van der Waals surface area contributed by atoms with E-state index in [2.05, 4.69) is 11.1 Å². The third-order valence-corrected chi connectivity index (χ3v) is 3.39. The normalized spacial score (nSPS) is 10.6. The molecule has 0 unspecified atom stereocenters. The molecule has 0 amide bonds. The molecular formula is C16H22N4O. The molecule has 1 aromatic heterocycles. The predicted molar refractivity (Wildman–Crippen MR) is 86.0 cm³/mol. The topological polar surface area (TPSA) is 64.2 Å². The van der Waals surface area contributed by atoms with Crippen molar-refractivity contribution in [3.05, 3.63) is 52.6 Å². The van der Waals surface area contributed by atoms with E-state index < -0.39 is 0 Å². The Balaban J connectivity index is 2.48. The molecule has 2 aromatic rings. The van der Waals surface area contributed by atoms with Gasteiger partial charge in [-0.3, -0.25) is 4.79 Å². The van der Waals surface area contributed by atoms with E-state index in [1.54, 1.807) is 17.0 Å². The van der Waals surface area contributed by atoms with Gasteiger partial charge in [-0.1, -0.05) is 12.1 Å². The van der Waals surface area contributed by atoms with Crippen molar-refractivity contribution < 1.29 is 0 Å². The molecule has 0 atom stereocenters. The smallest absolute Gasteiger partial charge is 0.293 e. The van der Waals surface area contributed by atoms with Crippen LogP contribution in [0.3, 0.4) is 0 Å². The fourth-order valence-corrected chi connectivity index (χ4v) is 2.27. The standard InChI is InChI=1S/C16H22N4O/c1-3-19-11-9-18-15(16(19)21)20(10-5-8-17)14-7-4-6-13(2)12-14/h4,6-7,9,11-12H,3,5,8,10,17H2,1-2H3. The number of aryl methyl sites for hydroxylation is 2. The lowest BCUT2D eigenvalue weighted by molar-refractivity contribution is 0.707. The van der Waals surface area contributed by atoms with Gasteiger partial charge in [-0.25, -0.2) is 4.98 Å². The third kappa shape index (κ3) is 3.49. The molecule has 2 N–H and O–H groups in total. The highest BCUT2D eigenvalue weighted by molar-refractivity contribution is 5.59. The van der Waals surface area contributed by atoms with Gasteiger partial charge in [0, 0.05) is 31.2 Å². The molecule has 21 heavy (non-hydrogen) atoms. The van der Waals surface area contributed by atoms with Gasteiger partial charge in [0.25, 0.3) is 5.56 Å². The van der Waals surface area contributed by atoms with E-state index in [4.69, 9.17) is 5.73 Å². The molecule has 0 spiro atoms. The fraction of sp³-hybridized carbons (Fsp3) is 0.375. The second-order valence-corrected chi connectivity index (χ2v) is 4.97. The van der Waals surface area contributed by atoms with Gasteiger partial charge in [0.15, 0.2) is 5.82 Å². The average molecular weight is 286 g/mol. The highest BCUT2D eigenvalue weighted by atomic mass is 16.1. The van der Waals surface area contributed by atoms with Gasteiger partial charge in [0.2, 0.25) is 0 Å². The minimum Gasteiger partial charge on any atom is -0.330 e. The molecule has 112 valence electrons. The van der Waals surface area contributed by atoms with Crippen LogP contribution in [0.4, 0.5) is 11.5 Å². The summed E-state index contributed by atoms with van der Waals surface area (Å²) >= 11 is 0. The Morgan fingerprint density at radius 1 is 1.38 bits per heavy atom. The van der Waals surface area contributed by atoms with Crippen LogP contribution < -0.4 is 16.2 Å². The van der Waals surface area contributed by atoms with Crippen molar-refractivity contribution in [3.8, 4) is 0 Å². The van der Waals surface area contributed by atoms with E-state index in [1.165, 1.54) is 0 Å². The van der Waals surface area contributed by atoms with E-state index in [-0.39, 0.29) is 5.56 Å². The van der Waals surface area contributed by atoms with Crippen molar-refractivity contribution in [1.29, 1.82) is 0 Å². The van der Waals surface area contributed by atoms with Gasteiger partial charge in [0.05, 0.1) is 0 Å². The van der Waals surface area contributed by atoms with Crippen LogP contribution in [0, 0.1) is 6.92 Å². The first-order valence-corrected chi connectivity index (χ1v) is 7.27. The molecule has 0 saturated heterocycles. The zero-order chi connectivity index (χ0) is 15.2. The quantitative estimate of drug-likeness (QED) is 0.883. The summed E-state index contributed by atoms with van der Waals surface area (Å²) in [6.45, 7) is 5.87. The number of hydrogen-bond acceptors (Lipinski definition) is 4. The van der Waals surface area contributed by atoms with Gasteiger partial charge in [0.1, 0.15) is 0 Å². The number of aromatic nitrogens is 2. The molecule has 0 fully saturated rings. The lowest BCUT2D eigenvalue weighted by atomic mass is 10.2. The van der Waals surface area contributed by atoms with E-state index in [1.807, 2.05) is 36.9 Å². The minimum atomic E-state index is -0.0708. The van der Waals surface area contributed by atoms with Gasteiger partial charge in [-0.15, -0.1) is 0 Å². The van der Waals surface area contributed by atoms with Crippen LogP contribution in [0.5, 0.6) is 0 Å². The molecule has 0 aliphatic heterocycles. The van der Waals surface area contributed by atoms with Crippen LogP contribution in [0.1, 0.15) is 18.9 Å². The number of anilines is 2. The van der Waals surface area contributed by atoms with E-state index >= 15 is 0 Å². The first kappa shape index (κ1) is 15.3. The minimum absolute atomic E-state index is 0.0708. The lowest BCUT2D eigenvalue weighted by Gasteiger charge is -2.23. The van der Waals surface area contributed by atoms with Gasteiger partial charge in [-0.2, -0.15) is 0 Å². The molecule has 1 heterocycles. The summed E-state index contributed by atoms with van der Waals surface area (Å²) in [5.74, 6) is 0.457. The van der Waals surface area contributed by atoms with Gasteiger partial charge < -0.3 is 15.2 Å². The molecule has 0 aliphatic carbocycles. The number of benzene rings is 1. The molecule has 2 rings (SSSR count). The highest BCUT2D eigenvalue weighted by Crippen LogP contribution is 2.22. The number of rotatable bonds is 6. The Bertz CT molecular complexity index is 651. The van der Waals surface area contributed by atoms with Crippen molar-refractivity contribution in [2.45, 2.75) is 26.8 Å². The van der Waals surface area contributed by atoms with Crippen molar-refractivity contribution in [2.24, 2.45) is 5.73 Å². The summed E-state index contributed by atoms with van der Waals surface area (Å²) in [7, 11) is 0. The Hall–Kier alpha value is -2.14. The molecule has 0 aliphatic rings. The number of hydrogen-bond donors (Lipinski definition) is 1. The van der Waals surface area contributed by atoms with Gasteiger partial charge >= 0.3 is 0 Å². The van der Waals surface area contributed by atoms with Crippen LogP contribution in [0.25, 0.3) is 0 Å². The summed E-state index contributed by atoms with van der Waals surface area (Å²) in [5, 5.41) is 0. The molecule has 5 heteroatoms. The zero-order valence-electron chi connectivity index (χ0n) is 12.6. The van der Waals surface area contributed by atoms with Crippen molar-refractivity contribution in [3.63, 3.8) is 0 Å². The Morgan fingerprint density at radius 3 is 2.86 bits per heavy atom. The summed E-state index contributed by atoms with van der Waals surface area (Å²) in [6, 6.07) is 8.07. The average Bonchev–Trinajstić information content (AvgIpc) is 2.49. The van der Waals surface area contributed by atoms with Crippen molar-refractivity contribution in [1.82, 2.24) is 9.55 Å². The number of nitrogens with two attached hydrogens (primary N) is 1. The Labute approximate surface area is 125 Å². The van der Waals surface area contributed by atoms with Crippen LogP contribution >= 0.6 is 0 Å². The van der Waals surface area contributed by atoms with E-state index in [9.17, 15) is 4.79 Å². The molecule has 0 bridgehead atoms. The summed E-state index contributed by atoms with van der Waals surface area (Å²) in [6.07, 6.45) is 4.19. The monoisotopic (exact) mass is 286 g/mol. The molecule has 0 radical (unpaired) electrons. The maximum Gasteiger partial charge on any atom is 0.293 e. The Kier molecular flexibility index (Phi) is 5.11. The van der Waals surface area contributed by atoms with Crippen LogP contribution in [-0.2, 0) is 6.54 Å². The second kappa shape index (κ2) is 7.04. The maximum absolute atomic E-state index is 12.5. The fourth-order valence-electron chi connectivity index (χ4n) is 2.27. The summed E-state index contributed by atoms with van der Waals surface area (Å²) < 4.78 is 1.66. The predicted octanol–water partition coefficient (Wildman–Crippen LogP) is 2.06. The Morgan fingerprint density at radius 2 is 2.19 bits per heavy atom. The first-order valence-electron chi connectivity index (χ1n) is 7.27. The van der Waals surface area contributed by atoms with Crippen molar-refractivity contribution in [2.75, 3.05) is 18.0 Å². The molecule has 1 aromatic carbocycles. The SMILES string of the molecule is CCn1ccnc(N(CCCN)c2cccc(C)c2)c1=O. The maximum atomic E-state index is 12.5. The largest absolute Gasteiger partial charge is 0.330 e. The van der Waals surface area contributed by atoms with Crippen molar-refractivity contribution >= 4 is 11.5 Å². The second-order valence-electron chi connectivity index (χ2n) is 4.97. The van der Waals surface area contributed by atoms with Crippen LogP contribution in [0.15, 0.2) is 41.5 Å². The van der Waals surface area contributed by atoms with E-state index in [0.717, 1.165) is 17.7 Å². The molecular weight excluding hydrogens is 264 g/mol. The number of nitrogens with zero attached hydrogens (tertiary/aromatic N) is 3. The highest BCUT2D eigenvalue weighted by Gasteiger charge is 2.15. The third-order valence-electron chi connectivity index (χ3n) is 3.39. The molecule has 0 saturated carbocycles. The first-order chi connectivity index (χ1) is 10.2. The van der Waals surface area contributed by atoms with Gasteiger partial charge in [-0.05, 0) is 44.5 Å².